The molecule has 2 atom stereocenters. The molecule has 0 bridgehead atoms. The van der Waals surface area contributed by atoms with Gasteiger partial charge in [0.1, 0.15) is 24.0 Å². The van der Waals surface area contributed by atoms with Crippen molar-refractivity contribution in [2.24, 2.45) is 11.8 Å². The van der Waals surface area contributed by atoms with Crippen LogP contribution in [0, 0.1) is 11.8 Å². The van der Waals surface area contributed by atoms with Crippen LogP contribution in [0.2, 0.25) is 25.7 Å². The Bertz CT molecular complexity index is 1380. The average Bonchev–Trinajstić information content (AvgIpc) is 3.74. The lowest BCUT2D eigenvalue weighted by Gasteiger charge is -2.34. The van der Waals surface area contributed by atoms with Crippen LogP contribution in [-0.4, -0.2) is 66.4 Å². The van der Waals surface area contributed by atoms with E-state index in [2.05, 4.69) is 40.7 Å². The summed E-state index contributed by atoms with van der Waals surface area (Å²) in [6.07, 6.45) is 10.1. The van der Waals surface area contributed by atoms with Gasteiger partial charge in [-0.05, 0) is 81.9 Å². The number of ketones is 1. The minimum absolute atomic E-state index is 0.348. The zero-order valence-electron chi connectivity index (χ0n) is 26.0. The monoisotopic (exact) mass is 602 g/mol. The van der Waals surface area contributed by atoms with Crippen LogP contribution in [0.1, 0.15) is 50.0 Å². The first-order valence-corrected chi connectivity index (χ1v) is 19.8. The zero-order chi connectivity index (χ0) is 29.8. The lowest BCUT2D eigenvalue weighted by Crippen LogP contribution is -2.38. The molecule has 2 aromatic heterocycles. The molecule has 9 heteroatoms. The summed E-state index contributed by atoms with van der Waals surface area (Å²) in [7, 11) is -1.12. The van der Waals surface area contributed by atoms with Gasteiger partial charge in [-0.15, -0.1) is 0 Å². The molecule has 0 N–H and O–H groups in total. The lowest BCUT2D eigenvalue weighted by atomic mass is 9.82. The average molecular weight is 603 g/mol. The highest BCUT2D eigenvalue weighted by Gasteiger charge is 2.34. The number of hydrogen-bond acceptors (Lipinski definition) is 7. The van der Waals surface area contributed by atoms with E-state index < -0.39 is 8.07 Å². The number of hydrogen-bond donors (Lipinski definition) is 0. The van der Waals surface area contributed by atoms with Crippen molar-refractivity contribution in [1.82, 2.24) is 19.7 Å². The van der Waals surface area contributed by atoms with Gasteiger partial charge in [-0.1, -0.05) is 25.7 Å². The molecule has 43 heavy (non-hydrogen) atoms. The molecule has 3 aliphatic rings. The molecule has 230 valence electrons. The van der Waals surface area contributed by atoms with Gasteiger partial charge < -0.3 is 19.1 Å². The van der Waals surface area contributed by atoms with Crippen molar-refractivity contribution in [3.8, 4) is 28.6 Å². The number of likely N-dealkylation sites (tertiary alicyclic amines) is 1. The number of carbonyl (C=O) groups is 1. The van der Waals surface area contributed by atoms with Crippen LogP contribution in [0.25, 0.3) is 11.3 Å². The smallest absolute Gasteiger partial charge is 0.219 e. The van der Waals surface area contributed by atoms with Crippen LogP contribution in [0.3, 0.4) is 0 Å². The number of Topliss-reactive ketones (excluding diaryl/α,β-unsaturated/α-hetero) is 1. The van der Waals surface area contributed by atoms with Crippen molar-refractivity contribution in [1.29, 1.82) is 0 Å². The predicted octanol–water partition coefficient (Wildman–Crippen LogP) is 7.00. The van der Waals surface area contributed by atoms with Crippen molar-refractivity contribution in [3.63, 3.8) is 0 Å². The van der Waals surface area contributed by atoms with Crippen LogP contribution >= 0.6 is 0 Å². The van der Waals surface area contributed by atoms with E-state index in [9.17, 15) is 4.79 Å². The standard InChI is InChI=1S/C34H46N4O4Si/c1-43(2,3)20-19-40-24-38-31(11-15-36-38)26-7-10-34(35-22-26)42-28-8-9-30-27(23-41-33(30)21-28)14-18-37-16-12-25(13-17-37)29-5-4-6-32(29)39/h7-11,15,21-22,25,27,29H,4-6,12-14,16-20,23-24H2,1-3H3. The zero-order valence-corrected chi connectivity index (χ0v) is 27.0. The Kier molecular flexibility index (Phi) is 9.30. The van der Waals surface area contributed by atoms with Crippen molar-refractivity contribution < 1.29 is 19.0 Å². The third kappa shape index (κ3) is 7.56. The van der Waals surface area contributed by atoms with Crippen LogP contribution in [0.5, 0.6) is 17.4 Å². The molecule has 2 fully saturated rings. The number of ether oxygens (including phenoxy) is 3. The van der Waals surface area contributed by atoms with Crippen molar-refractivity contribution in [2.45, 2.75) is 76.9 Å². The number of benzene rings is 1. The van der Waals surface area contributed by atoms with Crippen molar-refractivity contribution in [3.05, 3.63) is 54.4 Å². The molecule has 1 aromatic carbocycles. The van der Waals surface area contributed by atoms with Crippen LogP contribution in [0.15, 0.2) is 48.8 Å². The Hall–Kier alpha value is -3.01. The molecule has 1 saturated heterocycles. The Balaban J connectivity index is 0.983. The minimum Gasteiger partial charge on any atom is -0.493 e. The third-order valence-electron chi connectivity index (χ3n) is 9.39. The van der Waals surface area contributed by atoms with E-state index in [0.717, 1.165) is 80.7 Å². The summed E-state index contributed by atoms with van der Waals surface area (Å²) in [5.74, 6) is 4.06. The van der Waals surface area contributed by atoms with Gasteiger partial charge in [0.2, 0.25) is 5.88 Å². The van der Waals surface area contributed by atoms with Crippen LogP contribution in [0.4, 0.5) is 0 Å². The second-order valence-electron chi connectivity index (χ2n) is 13.7. The van der Waals surface area contributed by atoms with E-state index in [1.807, 2.05) is 41.2 Å². The fourth-order valence-corrected chi connectivity index (χ4v) is 7.50. The molecule has 1 saturated carbocycles. The van der Waals surface area contributed by atoms with Gasteiger partial charge in [-0.25, -0.2) is 9.67 Å². The predicted molar refractivity (Wildman–Crippen MR) is 170 cm³/mol. The second-order valence-corrected chi connectivity index (χ2v) is 19.3. The molecular formula is C34H46N4O4Si. The molecule has 0 amide bonds. The first kappa shape index (κ1) is 30.0. The summed E-state index contributed by atoms with van der Waals surface area (Å²) < 4.78 is 20.0. The molecule has 0 spiro atoms. The summed E-state index contributed by atoms with van der Waals surface area (Å²) in [6, 6.07) is 13.2. The number of nitrogens with zero attached hydrogens (tertiary/aromatic N) is 4. The number of fused-ring (bicyclic) bond motifs is 1. The maximum absolute atomic E-state index is 12.2. The molecule has 1 aliphatic carbocycles. The maximum Gasteiger partial charge on any atom is 0.219 e. The molecular weight excluding hydrogens is 556 g/mol. The highest BCUT2D eigenvalue weighted by atomic mass is 28.3. The molecule has 2 unspecified atom stereocenters. The molecule has 8 nitrogen and oxygen atoms in total. The lowest BCUT2D eigenvalue weighted by molar-refractivity contribution is -0.122. The van der Waals surface area contributed by atoms with Gasteiger partial charge in [0.25, 0.3) is 0 Å². The fourth-order valence-electron chi connectivity index (χ4n) is 6.74. The van der Waals surface area contributed by atoms with E-state index in [-0.39, 0.29) is 0 Å². The maximum atomic E-state index is 12.2. The number of piperidine rings is 1. The van der Waals surface area contributed by atoms with Gasteiger partial charge in [-0.2, -0.15) is 5.10 Å². The number of carbonyl (C=O) groups excluding carboxylic acids is 1. The summed E-state index contributed by atoms with van der Waals surface area (Å²) in [4.78, 5) is 19.3. The second kappa shape index (κ2) is 13.3. The summed E-state index contributed by atoms with van der Waals surface area (Å²) in [6.45, 7) is 12.3. The Morgan fingerprint density at radius 3 is 2.67 bits per heavy atom. The highest BCUT2D eigenvalue weighted by molar-refractivity contribution is 6.76. The molecule has 3 aromatic rings. The summed E-state index contributed by atoms with van der Waals surface area (Å²) in [5, 5.41) is 4.43. The van der Waals surface area contributed by atoms with Gasteiger partial charge >= 0.3 is 0 Å². The van der Waals surface area contributed by atoms with E-state index in [4.69, 9.17) is 14.2 Å². The van der Waals surface area contributed by atoms with E-state index in [1.54, 1.807) is 6.20 Å². The minimum atomic E-state index is -1.12. The van der Waals surface area contributed by atoms with E-state index in [1.165, 1.54) is 18.4 Å². The molecule has 2 aliphatic heterocycles. The Labute approximate surface area is 256 Å². The van der Waals surface area contributed by atoms with E-state index >= 15 is 0 Å². The van der Waals surface area contributed by atoms with Crippen molar-refractivity contribution >= 4 is 13.9 Å². The first-order valence-electron chi connectivity index (χ1n) is 16.1. The molecule has 6 rings (SSSR count). The number of aromatic nitrogens is 3. The third-order valence-corrected chi connectivity index (χ3v) is 11.1. The quantitative estimate of drug-likeness (QED) is 0.163. The topological polar surface area (TPSA) is 78.7 Å². The Morgan fingerprint density at radius 1 is 1.07 bits per heavy atom. The van der Waals surface area contributed by atoms with Crippen LogP contribution in [-0.2, 0) is 16.3 Å². The van der Waals surface area contributed by atoms with Gasteiger partial charge in [-0.3, -0.25) is 4.79 Å². The van der Waals surface area contributed by atoms with Gasteiger partial charge in [0, 0.05) is 68.6 Å². The SMILES string of the molecule is C[Si](C)(C)CCOCn1nccc1-c1ccc(Oc2ccc3c(c2)OCC3CCN2CCC(C3CCCC3=O)CC2)nc1. The van der Waals surface area contributed by atoms with Crippen molar-refractivity contribution in [2.75, 3.05) is 32.8 Å². The number of pyridine rings is 1. The summed E-state index contributed by atoms with van der Waals surface area (Å²) in [5.41, 5.74) is 3.20. The Morgan fingerprint density at radius 2 is 1.93 bits per heavy atom. The molecule has 0 radical (unpaired) electrons. The largest absolute Gasteiger partial charge is 0.493 e. The van der Waals surface area contributed by atoms with Gasteiger partial charge in [0.05, 0.1) is 12.3 Å². The first-order chi connectivity index (χ1) is 20.8. The summed E-state index contributed by atoms with van der Waals surface area (Å²) >= 11 is 0. The highest BCUT2D eigenvalue weighted by Crippen LogP contribution is 2.40. The molecule has 4 heterocycles. The normalized spacial score (nSPS) is 21.2. The van der Waals surface area contributed by atoms with E-state index in [0.29, 0.717) is 42.8 Å². The fraction of sp³-hybridized carbons (Fsp3) is 0.559. The van der Waals surface area contributed by atoms with Gasteiger partial charge in [0.15, 0.2) is 0 Å². The van der Waals surface area contributed by atoms with Crippen LogP contribution < -0.4 is 9.47 Å². The number of rotatable bonds is 12.